The SMILES string of the molecule is COc1cc(C2=CC3NC(=O)N(c4cncc5c4n(C)c(=O)n5C)C(=O)C3S2)c(Cl)cc1F. The lowest BCUT2D eigenvalue weighted by Crippen LogP contribution is -2.60. The zero-order valence-corrected chi connectivity index (χ0v) is 19.2. The average Bonchev–Trinajstić information content (AvgIpc) is 3.30. The van der Waals surface area contributed by atoms with E-state index in [-0.39, 0.29) is 22.1 Å². The molecule has 5 rings (SSSR count). The first-order valence-corrected chi connectivity index (χ1v) is 11.0. The van der Waals surface area contributed by atoms with Crippen LogP contribution in [0.4, 0.5) is 14.9 Å². The Labute approximate surface area is 195 Å². The minimum atomic E-state index is -0.680. The highest BCUT2D eigenvalue weighted by Crippen LogP contribution is 2.45. The third-order valence-electron chi connectivity index (χ3n) is 5.77. The molecule has 3 aromatic rings. The van der Waals surface area contributed by atoms with Crippen LogP contribution in [0.5, 0.6) is 5.75 Å². The Morgan fingerprint density at radius 1 is 1.18 bits per heavy atom. The summed E-state index contributed by atoms with van der Waals surface area (Å²) >= 11 is 7.46. The smallest absolute Gasteiger partial charge is 0.329 e. The van der Waals surface area contributed by atoms with Crippen LogP contribution in [-0.2, 0) is 18.9 Å². The minimum absolute atomic E-state index is 0.0190. The van der Waals surface area contributed by atoms with Gasteiger partial charge < -0.3 is 10.1 Å². The second-order valence-corrected chi connectivity index (χ2v) is 9.20. The molecule has 2 aliphatic heterocycles. The van der Waals surface area contributed by atoms with Crippen molar-refractivity contribution < 1.29 is 18.7 Å². The summed E-state index contributed by atoms with van der Waals surface area (Å²) in [7, 11) is 4.50. The molecule has 1 N–H and O–H groups in total. The average molecular weight is 490 g/mol. The van der Waals surface area contributed by atoms with Gasteiger partial charge in [-0.15, -0.1) is 11.8 Å². The summed E-state index contributed by atoms with van der Waals surface area (Å²) in [5.74, 6) is -1.04. The van der Waals surface area contributed by atoms with Crippen LogP contribution in [0.1, 0.15) is 5.56 Å². The van der Waals surface area contributed by atoms with Crippen LogP contribution in [0.25, 0.3) is 15.9 Å². The van der Waals surface area contributed by atoms with E-state index in [1.54, 1.807) is 20.2 Å². The number of aromatic nitrogens is 3. The number of imide groups is 1. The number of hydrogen-bond acceptors (Lipinski definition) is 6. The normalized spacial score (nSPS) is 20.2. The van der Waals surface area contributed by atoms with Crippen molar-refractivity contribution >= 4 is 56.9 Å². The number of carbonyl (C=O) groups is 2. The molecular formula is C21H17ClFN5O4S. The van der Waals surface area contributed by atoms with E-state index in [4.69, 9.17) is 16.3 Å². The Morgan fingerprint density at radius 3 is 2.67 bits per heavy atom. The maximum atomic E-state index is 14.0. The van der Waals surface area contributed by atoms with Crippen molar-refractivity contribution in [3.05, 3.63) is 57.5 Å². The van der Waals surface area contributed by atoms with Crippen molar-refractivity contribution in [2.75, 3.05) is 12.0 Å². The number of imidazole rings is 1. The second-order valence-electron chi connectivity index (χ2n) is 7.61. The molecule has 170 valence electrons. The number of pyridine rings is 1. The molecular weight excluding hydrogens is 473 g/mol. The first-order chi connectivity index (χ1) is 15.7. The molecule has 0 bridgehead atoms. The molecule has 3 amide bonds. The number of hydrogen-bond donors (Lipinski definition) is 1. The maximum absolute atomic E-state index is 14.0. The molecule has 1 aromatic carbocycles. The molecule has 1 saturated heterocycles. The Kier molecular flexibility index (Phi) is 4.98. The molecule has 0 radical (unpaired) electrons. The summed E-state index contributed by atoms with van der Waals surface area (Å²) < 4.78 is 21.8. The number of nitrogens with one attached hydrogen (secondary N) is 1. The van der Waals surface area contributed by atoms with Gasteiger partial charge in [0.05, 0.1) is 47.3 Å². The van der Waals surface area contributed by atoms with Crippen molar-refractivity contribution in [2.24, 2.45) is 14.1 Å². The second kappa shape index (κ2) is 7.63. The number of benzene rings is 1. The number of halogens is 2. The number of urea groups is 1. The van der Waals surface area contributed by atoms with Gasteiger partial charge in [-0.2, -0.15) is 0 Å². The maximum Gasteiger partial charge on any atom is 0.329 e. The zero-order chi connectivity index (χ0) is 23.6. The molecule has 12 heteroatoms. The lowest BCUT2D eigenvalue weighted by atomic mass is 10.1. The number of fused-ring (bicyclic) bond motifs is 2. The van der Waals surface area contributed by atoms with Crippen LogP contribution in [0.2, 0.25) is 5.02 Å². The van der Waals surface area contributed by atoms with E-state index >= 15 is 0 Å². The molecule has 0 spiro atoms. The van der Waals surface area contributed by atoms with Crippen molar-refractivity contribution in [3.63, 3.8) is 0 Å². The number of nitrogens with zero attached hydrogens (tertiary/aromatic N) is 4. The van der Waals surface area contributed by atoms with E-state index in [1.165, 1.54) is 46.5 Å². The van der Waals surface area contributed by atoms with Crippen molar-refractivity contribution in [3.8, 4) is 5.75 Å². The highest BCUT2D eigenvalue weighted by molar-refractivity contribution is 8.09. The fourth-order valence-corrected chi connectivity index (χ4v) is 5.72. The summed E-state index contributed by atoms with van der Waals surface area (Å²) in [6.07, 6.45) is 4.61. The van der Waals surface area contributed by atoms with E-state index in [0.29, 0.717) is 21.5 Å². The number of amides is 3. The number of rotatable bonds is 3. The molecule has 0 saturated carbocycles. The molecule has 33 heavy (non-hydrogen) atoms. The van der Waals surface area contributed by atoms with E-state index in [9.17, 15) is 18.8 Å². The van der Waals surface area contributed by atoms with Crippen molar-refractivity contribution in [1.29, 1.82) is 0 Å². The van der Waals surface area contributed by atoms with Gasteiger partial charge in [0.25, 0.3) is 5.91 Å². The standard InChI is InChI=1S/C21H17ClFN5O4S/c1-26-13-7-24-8-14(17(13)27(2)21(26)31)28-19(29)18-12(25-20(28)30)6-16(33-18)9-4-15(32-3)11(23)5-10(9)22/h4-8,12,18H,1-3H3,(H,25,30). The number of ether oxygens (including phenoxy) is 1. The van der Waals surface area contributed by atoms with Gasteiger partial charge in [-0.3, -0.25) is 18.9 Å². The lowest BCUT2D eigenvalue weighted by molar-refractivity contribution is -0.118. The van der Waals surface area contributed by atoms with Gasteiger partial charge >= 0.3 is 11.7 Å². The van der Waals surface area contributed by atoms with E-state index in [2.05, 4.69) is 10.3 Å². The van der Waals surface area contributed by atoms with Gasteiger partial charge in [0.15, 0.2) is 11.6 Å². The first-order valence-electron chi connectivity index (χ1n) is 9.78. The number of carbonyl (C=O) groups excluding carboxylic acids is 2. The van der Waals surface area contributed by atoms with Gasteiger partial charge in [0.1, 0.15) is 5.25 Å². The monoisotopic (exact) mass is 489 g/mol. The lowest BCUT2D eigenvalue weighted by Gasteiger charge is -2.33. The van der Waals surface area contributed by atoms with Gasteiger partial charge in [0, 0.05) is 24.6 Å². The molecule has 4 heterocycles. The molecule has 0 aliphatic carbocycles. The molecule has 2 aromatic heterocycles. The van der Waals surface area contributed by atoms with Crippen LogP contribution in [-0.4, -0.2) is 44.5 Å². The number of thioether (sulfide) groups is 1. The summed E-state index contributed by atoms with van der Waals surface area (Å²) in [5.41, 5.74) is 1.31. The fourth-order valence-electron chi connectivity index (χ4n) is 4.12. The molecule has 9 nitrogen and oxygen atoms in total. The van der Waals surface area contributed by atoms with Crippen LogP contribution in [0, 0.1) is 5.82 Å². The number of anilines is 1. The molecule has 2 unspecified atom stereocenters. The van der Waals surface area contributed by atoms with Gasteiger partial charge in [-0.05, 0) is 18.2 Å². The number of methoxy groups -OCH3 is 1. The van der Waals surface area contributed by atoms with Crippen LogP contribution < -0.4 is 20.6 Å². The van der Waals surface area contributed by atoms with Crippen molar-refractivity contribution in [2.45, 2.75) is 11.3 Å². The topological polar surface area (TPSA) is 98.5 Å². The van der Waals surface area contributed by atoms with Crippen LogP contribution in [0.15, 0.2) is 35.4 Å². The van der Waals surface area contributed by atoms with Crippen molar-refractivity contribution in [1.82, 2.24) is 19.4 Å². The summed E-state index contributed by atoms with van der Waals surface area (Å²) in [6, 6.07) is 1.39. The molecule has 2 aliphatic rings. The van der Waals surface area contributed by atoms with E-state index < -0.39 is 29.0 Å². The quantitative estimate of drug-likeness (QED) is 0.607. The zero-order valence-electron chi connectivity index (χ0n) is 17.6. The van der Waals surface area contributed by atoms with Crippen LogP contribution in [0.3, 0.4) is 0 Å². The minimum Gasteiger partial charge on any atom is -0.494 e. The summed E-state index contributed by atoms with van der Waals surface area (Å²) in [5, 5.41) is 2.30. The highest BCUT2D eigenvalue weighted by Gasteiger charge is 2.46. The summed E-state index contributed by atoms with van der Waals surface area (Å²) in [6.45, 7) is 0. The van der Waals surface area contributed by atoms with E-state index in [0.717, 1.165) is 11.0 Å². The third kappa shape index (κ3) is 3.14. The third-order valence-corrected chi connectivity index (χ3v) is 7.44. The summed E-state index contributed by atoms with van der Waals surface area (Å²) in [4.78, 5) is 44.6. The first kappa shape index (κ1) is 21.5. The predicted octanol–water partition coefficient (Wildman–Crippen LogP) is 2.65. The Bertz CT molecular complexity index is 1450. The Hall–Kier alpha value is -3.31. The predicted molar refractivity (Wildman–Crippen MR) is 123 cm³/mol. The molecule has 2 atom stereocenters. The largest absolute Gasteiger partial charge is 0.494 e. The van der Waals surface area contributed by atoms with Crippen LogP contribution >= 0.6 is 23.4 Å². The van der Waals surface area contributed by atoms with Gasteiger partial charge in [0.2, 0.25) is 0 Å². The van der Waals surface area contributed by atoms with Gasteiger partial charge in [-0.1, -0.05) is 11.6 Å². The molecule has 1 fully saturated rings. The highest BCUT2D eigenvalue weighted by atomic mass is 35.5. The number of aryl methyl sites for hydroxylation is 2. The van der Waals surface area contributed by atoms with E-state index in [1.807, 2.05) is 0 Å². The Morgan fingerprint density at radius 2 is 1.94 bits per heavy atom. The van der Waals surface area contributed by atoms with Gasteiger partial charge in [-0.25, -0.2) is 18.9 Å². The Balaban J connectivity index is 1.54. The fraction of sp³-hybridized carbons (Fsp3) is 0.238.